The molecule has 0 aliphatic rings. The van der Waals surface area contributed by atoms with Gasteiger partial charge in [-0.25, -0.2) is 17.6 Å². The van der Waals surface area contributed by atoms with E-state index in [2.05, 4.69) is 14.5 Å². The van der Waals surface area contributed by atoms with Gasteiger partial charge in [0.1, 0.15) is 6.54 Å². The van der Waals surface area contributed by atoms with Crippen molar-refractivity contribution in [2.75, 3.05) is 20.3 Å². The van der Waals surface area contributed by atoms with E-state index >= 15 is 0 Å². The van der Waals surface area contributed by atoms with E-state index in [1.165, 1.54) is 6.92 Å². The molecule has 0 spiro atoms. The molecule has 26 heavy (non-hydrogen) atoms. The van der Waals surface area contributed by atoms with E-state index < -0.39 is 58.9 Å². The van der Waals surface area contributed by atoms with Gasteiger partial charge >= 0.3 is 5.97 Å². The Morgan fingerprint density at radius 1 is 1.27 bits per heavy atom. The van der Waals surface area contributed by atoms with Crippen molar-refractivity contribution in [3.05, 3.63) is 29.1 Å². The Morgan fingerprint density at radius 3 is 2.38 bits per heavy atom. The van der Waals surface area contributed by atoms with Crippen molar-refractivity contribution in [2.24, 2.45) is 10.9 Å². The van der Waals surface area contributed by atoms with E-state index in [1.807, 2.05) is 0 Å². The van der Waals surface area contributed by atoms with Crippen LogP contribution in [0.15, 0.2) is 11.1 Å². The third-order valence-electron chi connectivity index (χ3n) is 3.03. The first-order valence-electron chi connectivity index (χ1n) is 7.33. The van der Waals surface area contributed by atoms with Crippen LogP contribution < -0.4 is 4.74 Å². The number of nitrogens with zero attached hydrogens (tertiary/aromatic N) is 1. The Balaban J connectivity index is 3.32. The van der Waals surface area contributed by atoms with E-state index in [0.717, 1.165) is 7.11 Å². The number of ether oxygens (including phenoxy) is 2. The molecule has 144 valence electrons. The van der Waals surface area contributed by atoms with Crippen LogP contribution in [0.4, 0.5) is 22.0 Å². The van der Waals surface area contributed by atoms with E-state index in [-0.39, 0.29) is 12.7 Å². The summed E-state index contributed by atoms with van der Waals surface area (Å²) in [5.74, 6) is -13.6. The van der Waals surface area contributed by atoms with Gasteiger partial charge in [0.2, 0.25) is 5.82 Å². The highest BCUT2D eigenvalue weighted by molar-refractivity contribution is 6.18. The van der Waals surface area contributed by atoms with Crippen LogP contribution in [0.2, 0.25) is 0 Å². The number of carbonyl (C=O) groups is 2. The molecule has 0 saturated carbocycles. The number of hydrogen-bond acceptors (Lipinski definition) is 5. The van der Waals surface area contributed by atoms with Crippen molar-refractivity contribution in [3.8, 4) is 5.75 Å². The summed E-state index contributed by atoms with van der Waals surface area (Å²) in [6, 6.07) is 0.240. The van der Waals surface area contributed by atoms with Gasteiger partial charge in [-0.05, 0) is 13.0 Å². The van der Waals surface area contributed by atoms with Crippen molar-refractivity contribution in [1.82, 2.24) is 0 Å². The lowest BCUT2D eigenvalue weighted by Crippen LogP contribution is -2.29. The SMILES string of the molecule is CCOC(=O)C(C=NCC(C)(F)F)C(=O)c1cc(F)c(F)c(OC)c1F. The summed E-state index contributed by atoms with van der Waals surface area (Å²) in [5, 5.41) is 0. The molecule has 0 bridgehead atoms. The molecule has 0 aliphatic heterocycles. The highest BCUT2D eigenvalue weighted by Crippen LogP contribution is 2.28. The Morgan fingerprint density at radius 2 is 1.88 bits per heavy atom. The third-order valence-corrected chi connectivity index (χ3v) is 3.03. The molecule has 0 N–H and O–H groups in total. The Hall–Kier alpha value is -2.52. The lowest BCUT2D eigenvalue weighted by Gasteiger charge is -2.13. The second-order valence-corrected chi connectivity index (χ2v) is 5.22. The molecule has 0 fully saturated rings. The van der Waals surface area contributed by atoms with Gasteiger partial charge in [0.15, 0.2) is 29.1 Å². The van der Waals surface area contributed by atoms with Gasteiger partial charge in [-0.2, -0.15) is 4.39 Å². The standard InChI is InChI=1S/C16H16F5NO4/c1-4-26-15(24)9(6-22-7-16(2,20)21)13(23)8-5-10(17)12(19)14(25-3)11(8)18/h5-6,9H,4,7H2,1-3H3. The number of alkyl halides is 2. The van der Waals surface area contributed by atoms with E-state index in [1.54, 1.807) is 0 Å². The summed E-state index contributed by atoms with van der Waals surface area (Å²) in [6.07, 6.45) is 0.560. The molecule has 0 heterocycles. The van der Waals surface area contributed by atoms with Gasteiger partial charge in [0, 0.05) is 13.1 Å². The average Bonchev–Trinajstić information content (AvgIpc) is 2.54. The maximum atomic E-state index is 14.2. The zero-order chi connectivity index (χ0) is 20.1. The Labute approximate surface area is 145 Å². The molecule has 0 amide bonds. The van der Waals surface area contributed by atoms with Crippen LogP contribution in [0.5, 0.6) is 5.75 Å². The number of methoxy groups -OCH3 is 1. The number of hydrogen-bond donors (Lipinski definition) is 0. The van der Waals surface area contributed by atoms with Crippen LogP contribution in [0.3, 0.4) is 0 Å². The number of rotatable bonds is 8. The lowest BCUT2D eigenvalue weighted by atomic mass is 9.97. The Kier molecular flexibility index (Phi) is 7.22. The number of ketones is 1. The third kappa shape index (κ3) is 5.24. The number of Topliss-reactive ketones (excluding diaryl/α,β-unsaturated/α-hetero) is 1. The molecule has 1 aromatic rings. The molecule has 1 unspecified atom stereocenters. The number of carbonyl (C=O) groups excluding carboxylic acids is 2. The molecular weight excluding hydrogens is 365 g/mol. The number of esters is 1. The number of benzene rings is 1. The largest absolute Gasteiger partial charge is 0.491 e. The van der Waals surface area contributed by atoms with Crippen molar-refractivity contribution < 1.29 is 41.0 Å². The van der Waals surface area contributed by atoms with Crippen molar-refractivity contribution in [3.63, 3.8) is 0 Å². The topological polar surface area (TPSA) is 65.0 Å². The lowest BCUT2D eigenvalue weighted by molar-refractivity contribution is -0.144. The predicted molar refractivity (Wildman–Crippen MR) is 81.3 cm³/mol. The molecule has 1 atom stereocenters. The molecule has 0 aromatic heterocycles. The molecule has 0 aliphatic carbocycles. The van der Waals surface area contributed by atoms with Crippen molar-refractivity contribution in [2.45, 2.75) is 19.8 Å². The highest BCUT2D eigenvalue weighted by atomic mass is 19.3. The van der Waals surface area contributed by atoms with Gasteiger partial charge in [-0.3, -0.25) is 14.6 Å². The number of halogens is 5. The second kappa shape index (κ2) is 8.72. The van der Waals surface area contributed by atoms with E-state index in [9.17, 15) is 31.5 Å². The molecule has 0 saturated heterocycles. The molecule has 5 nitrogen and oxygen atoms in total. The van der Waals surface area contributed by atoms with Crippen LogP contribution in [0.25, 0.3) is 0 Å². The van der Waals surface area contributed by atoms with E-state index in [4.69, 9.17) is 0 Å². The smallest absolute Gasteiger partial charge is 0.322 e. The Bertz CT molecular complexity index is 716. The van der Waals surface area contributed by atoms with Gasteiger partial charge in [0.25, 0.3) is 5.92 Å². The predicted octanol–water partition coefficient (Wildman–Crippen LogP) is 3.20. The maximum Gasteiger partial charge on any atom is 0.322 e. The zero-order valence-corrected chi connectivity index (χ0v) is 14.1. The highest BCUT2D eigenvalue weighted by Gasteiger charge is 2.33. The zero-order valence-electron chi connectivity index (χ0n) is 14.1. The van der Waals surface area contributed by atoms with Gasteiger partial charge in [0.05, 0.1) is 19.3 Å². The molecule has 1 rings (SSSR count). The minimum Gasteiger partial charge on any atom is -0.491 e. The molecule has 10 heteroatoms. The summed E-state index contributed by atoms with van der Waals surface area (Å²) in [7, 11) is 0.850. The fourth-order valence-corrected chi connectivity index (χ4v) is 1.89. The molecule has 0 radical (unpaired) electrons. The van der Waals surface area contributed by atoms with Crippen molar-refractivity contribution >= 4 is 18.0 Å². The first kappa shape index (κ1) is 21.5. The average molecular weight is 381 g/mol. The fourth-order valence-electron chi connectivity index (χ4n) is 1.89. The molecule has 1 aromatic carbocycles. The summed E-state index contributed by atoms with van der Waals surface area (Å²) >= 11 is 0. The van der Waals surface area contributed by atoms with Gasteiger partial charge < -0.3 is 9.47 Å². The summed E-state index contributed by atoms with van der Waals surface area (Å²) in [5.41, 5.74) is -1.01. The van der Waals surface area contributed by atoms with Crippen LogP contribution in [0.1, 0.15) is 24.2 Å². The first-order chi connectivity index (χ1) is 12.0. The first-order valence-corrected chi connectivity index (χ1v) is 7.33. The second-order valence-electron chi connectivity index (χ2n) is 5.22. The van der Waals surface area contributed by atoms with Gasteiger partial charge in [-0.1, -0.05) is 0 Å². The quantitative estimate of drug-likeness (QED) is 0.173. The normalized spacial score (nSPS) is 12.9. The van der Waals surface area contributed by atoms with Crippen LogP contribution in [-0.2, 0) is 9.53 Å². The summed E-state index contributed by atoms with van der Waals surface area (Å²) < 4.78 is 75.9. The minimum atomic E-state index is -3.21. The van der Waals surface area contributed by atoms with Crippen LogP contribution in [0, 0.1) is 23.4 Å². The van der Waals surface area contributed by atoms with E-state index in [0.29, 0.717) is 13.1 Å². The summed E-state index contributed by atoms with van der Waals surface area (Å²) in [6.45, 7) is 0.771. The van der Waals surface area contributed by atoms with Crippen LogP contribution in [-0.4, -0.2) is 44.2 Å². The maximum absolute atomic E-state index is 14.2. The monoisotopic (exact) mass is 381 g/mol. The fraction of sp³-hybridized carbons (Fsp3) is 0.438. The molecular formula is C16H16F5NO4. The van der Waals surface area contributed by atoms with Gasteiger partial charge in [-0.15, -0.1) is 0 Å². The number of aliphatic imine (C=N–C) groups is 1. The van der Waals surface area contributed by atoms with Crippen molar-refractivity contribution in [1.29, 1.82) is 0 Å². The summed E-state index contributed by atoms with van der Waals surface area (Å²) in [4.78, 5) is 27.6. The van der Waals surface area contributed by atoms with Crippen LogP contribution >= 0.6 is 0 Å². The minimum absolute atomic E-state index is 0.163.